The van der Waals surface area contributed by atoms with Crippen molar-refractivity contribution in [3.05, 3.63) is 62.6 Å². The first kappa shape index (κ1) is 14.5. The number of ether oxygens (including phenoxy) is 1. The molecular formula is C14H12Cl3NO. The Morgan fingerprint density at radius 2 is 1.79 bits per heavy atom. The third kappa shape index (κ3) is 2.98. The minimum absolute atomic E-state index is 0.394. The Hall–Kier alpha value is -0.930. The molecule has 0 aliphatic carbocycles. The molecule has 0 radical (unpaired) electrons. The summed E-state index contributed by atoms with van der Waals surface area (Å²) in [4.78, 5) is 0. The van der Waals surface area contributed by atoms with E-state index in [0.717, 1.165) is 11.1 Å². The molecule has 19 heavy (non-hydrogen) atoms. The van der Waals surface area contributed by atoms with Crippen molar-refractivity contribution in [1.82, 2.24) is 0 Å². The van der Waals surface area contributed by atoms with E-state index in [1.54, 1.807) is 25.3 Å². The van der Waals surface area contributed by atoms with Gasteiger partial charge in [0.05, 0.1) is 28.2 Å². The molecule has 0 fully saturated rings. The predicted molar refractivity (Wildman–Crippen MR) is 80.5 cm³/mol. The number of benzene rings is 2. The summed E-state index contributed by atoms with van der Waals surface area (Å²) in [5.41, 5.74) is 7.81. The molecule has 5 heteroatoms. The molecular weight excluding hydrogens is 305 g/mol. The van der Waals surface area contributed by atoms with Crippen molar-refractivity contribution in [3.63, 3.8) is 0 Å². The van der Waals surface area contributed by atoms with Crippen molar-refractivity contribution < 1.29 is 4.74 Å². The van der Waals surface area contributed by atoms with Gasteiger partial charge in [-0.2, -0.15) is 0 Å². The van der Waals surface area contributed by atoms with E-state index in [4.69, 9.17) is 45.3 Å². The summed E-state index contributed by atoms with van der Waals surface area (Å²) in [6.07, 6.45) is 0. The van der Waals surface area contributed by atoms with Gasteiger partial charge in [0.2, 0.25) is 0 Å². The van der Waals surface area contributed by atoms with Crippen LogP contribution in [0.4, 0.5) is 0 Å². The van der Waals surface area contributed by atoms with Gasteiger partial charge in [-0.05, 0) is 29.3 Å². The first-order valence-electron chi connectivity index (χ1n) is 5.57. The largest absolute Gasteiger partial charge is 0.495 e. The molecule has 0 bridgehead atoms. The van der Waals surface area contributed by atoms with E-state index in [0.29, 0.717) is 20.8 Å². The molecule has 2 aromatic carbocycles. The molecule has 0 aromatic heterocycles. The fraction of sp³-hybridized carbons (Fsp3) is 0.143. The van der Waals surface area contributed by atoms with Crippen molar-refractivity contribution in [2.75, 3.05) is 7.11 Å². The second kappa shape index (κ2) is 6.02. The Morgan fingerprint density at radius 1 is 1.05 bits per heavy atom. The first-order chi connectivity index (χ1) is 9.04. The molecule has 0 spiro atoms. The van der Waals surface area contributed by atoms with Gasteiger partial charge in [-0.3, -0.25) is 0 Å². The van der Waals surface area contributed by atoms with Crippen LogP contribution in [0, 0.1) is 0 Å². The van der Waals surface area contributed by atoms with Crippen molar-refractivity contribution in [1.29, 1.82) is 0 Å². The maximum Gasteiger partial charge on any atom is 0.137 e. The summed E-state index contributed by atoms with van der Waals surface area (Å²) < 4.78 is 5.11. The Kier molecular flexibility index (Phi) is 4.58. The van der Waals surface area contributed by atoms with Crippen LogP contribution in [0.3, 0.4) is 0 Å². The molecule has 0 heterocycles. The third-order valence-corrected chi connectivity index (χ3v) is 3.98. The number of halogens is 3. The highest BCUT2D eigenvalue weighted by Crippen LogP contribution is 2.34. The Labute approximate surface area is 127 Å². The highest BCUT2D eigenvalue weighted by atomic mass is 35.5. The van der Waals surface area contributed by atoms with Crippen LogP contribution >= 0.6 is 34.8 Å². The minimum Gasteiger partial charge on any atom is -0.495 e. The molecule has 0 aliphatic rings. The van der Waals surface area contributed by atoms with Crippen LogP contribution < -0.4 is 10.5 Å². The van der Waals surface area contributed by atoms with E-state index in [9.17, 15) is 0 Å². The summed E-state index contributed by atoms with van der Waals surface area (Å²) in [5.74, 6) is 0.606. The van der Waals surface area contributed by atoms with Crippen LogP contribution in [0.5, 0.6) is 5.75 Å². The summed E-state index contributed by atoms with van der Waals surface area (Å²) >= 11 is 18.2. The van der Waals surface area contributed by atoms with Gasteiger partial charge in [0.15, 0.2) is 0 Å². The molecule has 100 valence electrons. The van der Waals surface area contributed by atoms with E-state index < -0.39 is 6.04 Å². The average molecular weight is 317 g/mol. The van der Waals surface area contributed by atoms with Gasteiger partial charge in [-0.25, -0.2) is 0 Å². The SMILES string of the molecule is COc1ccc(C(N)c2cccc(Cl)c2Cl)cc1Cl. The minimum atomic E-state index is -0.394. The molecule has 0 amide bonds. The lowest BCUT2D eigenvalue weighted by molar-refractivity contribution is 0.415. The fourth-order valence-corrected chi connectivity index (χ4v) is 2.51. The van der Waals surface area contributed by atoms with E-state index in [1.807, 2.05) is 18.2 Å². The molecule has 2 nitrogen and oxygen atoms in total. The topological polar surface area (TPSA) is 35.2 Å². The summed E-state index contributed by atoms with van der Waals surface area (Å²) in [5, 5.41) is 1.45. The Balaban J connectivity index is 2.41. The van der Waals surface area contributed by atoms with Gasteiger partial charge in [0, 0.05) is 0 Å². The second-order valence-corrected chi connectivity index (χ2v) is 5.21. The smallest absolute Gasteiger partial charge is 0.137 e. The van der Waals surface area contributed by atoms with Crippen molar-refractivity contribution >= 4 is 34.8 Å². The maximum absolute atomic E-state index is 6.20. The van der Waals surface area contributed by atoms with Crippen molar-refractivity contribution in [2.45, 2.75) is 6.04 Å². The quantitative estimate of drug-likeness (QED) is 0.890. The van der Waals surface area contributed by atoms with E-state index >= 15 is 0 Å². The lowest BCUT2D eigenvalue weighted by Gasteiger charge is -2.16. The standard InChI is InChI=1S/C14H12Cl3NO/c1-19-12-6-5-8(7-11(12)16)14(18)9-3-2-4-10(15)13(9)17/h2-7,14H,18H2,1H3. The zero-order valence-electron chi connectivity index (χ0n) is 10.2. The number of nitrogens with two attached hydrogens (primary N) is 1. The highest BCUT2D eigenvalue weighted by Gasteiger charge is 2.15. The summed E-state index contributed by atoms with van der Waals surface area (Å²) in [7, 11) is 1.56. The fourth-order valence-electron chi connectivity index (χ4n) is 1.82. The monoisotopic (exact) mass is 315 g/mol. The Bertz CT molecular complexity index is 601. The van der Waals surface area contributed by atoms with Crippen LogP contribution in [0.2, 0.25) is 15.1 Å². The molecule has 2 rings (SSSR count). The number of methoxy groups -OCH3 is 1. The highest BCUT2D eigenvalue weighted by molar-refractivity contribution is 6.42. The first-order valence-corrected chi connectivity index (χ1v) is 6.71. The molecule has 1 unspecified atom stereocenters. The van der Waals surface area contributed by atoms with Gasteiger partial charge < -0.3 is 10.5 Å². The zero-order chi connectivity index (χ0) is 14.0. The third-order valence-electron chi connectivity index (χ3n) is 2.85. The van der Waals surface area contributed by atoms with Crippen LogP contribution in [-0.4, -0.2) is 7.11 Å². The van der Waals surface area contributed by atoms with Crippen LogP contribution in [0.15, 0.2) is 36.4 Å². The zero-order valence-corrected chi connectivity index (χ0v) is 12.4. The van der Waals surface area contributed by atoms with Gasteiger partial charge in [-0.15, -0.1) is 0 Å². The van der Waals surface area contributed by atoms with Crippen LogP contribution in [0.1, 0.15) is 17.2 Å². The lowest BCUT2D eigenvalue weighted by atomic mass is 9.99. The average Bonchev–Trinajstić information content (AvgIpc) is 2.41. The van der Waals surface area contributed by atoms with Gasteiger partial charge in [0.1, 0.15) is 5.75 Å². The van der Waals surface area contributed by atoms with Crippen LogP contribution in [-0.2, 0) is 0 Å². The number of hydrogen-bond donors (Lipinski definition) is 1. The molecule has 0 saturated heterocycles. The van der Waals surface area contributed by atoms with Gasteiger partial charge >= 0.3 is 0 Å². The second-order valence-electron chi connectivity index (χ2n) is 4.01. The maximum atomic E-state index is 6.20. The number of hydrogen-bond acceptors (Lipinski definition) is 2. The van der Waals surface area contributed by atoms with E-state index in [1.165, 1.54) is 0 Å². The predicted octanol–water partition coefficient (Wildman–Crippen LogP) is 4.70. The Morgan fingerprint density at radius 3 is 2.42 bits per heavy atom. The van der Waals surface area contributed by atoms with E-state index in [2.05, 4.69) is 0 Å². The van der Waals surface area contributed by atoms with Gasteiger partial charge in [0.25, 0.3) is 0 Å². The van der Waals surface area contributed by atoms with Gasteiger partial charge in [-0.1, -0.05) is 53.0 Å². The molecule has 0 aliphatic heterocycles. The van der Waals surface area contributed by atoms with Crippen molar-refractivity contribution in [3.8, 4) is 5.75 Å². The molecule has 2 aromatic rings. The molecule has 1 atom stereocenters. The van der Waals surface area contributed by atoms with E-state index in [-0.39, 0.29) is 0 Å². The van der Waals surface area contributed by atoms with Crippen LogP contribution in [0.25, 0.3) is 0 Å². The number of rotatable bonds is 3. The molecule has 0 saturated carbocycles. The van der Waals surface area contributed by atoms with Crippen molar-refractivity contribution in [2.24, 2.45) is 5.73 Å². The summed E-state index contributed by atoms with van der Waals surface area (Å²) in [6.45, 7) is 0. The molecule has 2 N–H and O–H groups in total. The summed E-state index contributed by atoms with van der Waals surface area (Å²) in [6, 6.07) is 10.4. The normalized spacial score (nSPS) is 12.3. The lowest BCUT2D eigenvalue weighted by Crippen LogP contribution is -2.12.